The van der Waals surface area contributed by atoms with E-state index in [1.54, 1.807) is 0 Å². The van der Waals surface area contributed by atoms with Crippen molar-refractivity contribution in [2.24, 2.45) is 0 Å². The highest BCUT2D eigenvalue weighted by Gasteiger charge is 1.95. The molecule has 0 atom stereocenters. The van der Waals surface area contributed by atoms with Crippen molar-refractivity contribution in [3.05, 3.63) is 40.9 Å². The average Bonchev–Trinajstić information content (AvgIpc) is 2.27. The van der Waals surface area contributed by atoms with Crippen LogP contribution in [0.5, 0.6) is 5.75 Å². The minimum Gasteiger partial charge on any atom is -0.479 e. The van der Waals surface area contributed by atoms with E-state index < -0.39 is 0 Å². The highest BCUT2D eigenvalue weighted by atomic mass is 79.9. The second-order valence-corrected chi connectivity index (χ2v) is 4.33. The fourth-order valence-electron chi connectivity index (χ4n) is 1.16. The third kappa shape index (κ3) is 4.96. The highest BCUT2D eigenvalue weighted by Crippen LogP contribution is 2.11. The van der Waals surface area contributed by atoms with Crippen LogP contribution in [-0.2, 0) is 6.54 Å². The molecule has 4 heteroatoms. The summed E-state index contributed by atoms with van der Waals surface area (Å²) in [6.45, 7) is 5.35. The molecule has 0 unspecified atom stereocenters. The third-order valence-electron chi connectivity index (χ3n) is 1.87. The molecule has 84 valence electrons. The lowest BCUT2D eigenvalue weighted by Gasteiger charge is -2.05. The first kappa shape index (κ1) is 12.8. The van der Waals surface area contributed by atoms with E-state index in [-0.39, 0.29) is 6.61 Å². The Morgan fingerprint density at radius 1 is 1.44 bits per heavy atom. The summed E-state index contributed by atoms with van der Waals surface area (Å²) in [5.41, 5.74) is 1.16. The van der Waals surface area contributed by atoms with Crippen molar-refractivity contribution in [2.45, 2.75) is 6.54 Å². The molecule has 0 aliphatic rings. The fourth-order valence-corrected chi connectivity index (χ4v) is 1.36. The van der Waals surface area contributed by atoms with Gasteiger partial charge in [-0.1, -0.05) is 34.6 Å². The van der Waals surface area contributed by atoms with Crippen LogP contribution in [-0.4, -0.2) is 13.2 Å². The lowest BCUT2D eigenvalue weighted by Crippen LogP contribution is -2.14. The van der Waals surface area contributed by atoms with Crippen molar-refractivity contribution in [3.8, 4) is 11.8 Å². The van der Waals surface area contributed by atoms with E-state index in [9.17, 15) is 0 Å². The maximum Gasteiger partial charge on any atom is 0.174 e. The molecule has 0 amide bonds. The van der Waals surface area contributed by atoms with E-state index >= 15 is 0 Å². The lowest BCUT2D eigenvalue weighted by atomic mass is 10.2. The van der Waals surface area contributed by atoms with Gasteiger partial charge >= 0.3 is 0 Å². The van der Waals surface area contributed by atoms with Gasteiger partial charge < -0.3 is 10.1 Å². The van der Waals surface area contributed by atoms with Gasteiger partial charge in [-0.25, -0.2) is 0 Å². The molecule has 0 saturated heterocycles. The van der Waals surface area contributed by atoms with Crippen molar-refractivity contribution in [2.75, 3.05) is 13.2 Å². The zero-order valence-electron chi connectivity index (χ0n) is 8.87. The molecule has 0 saturated carbocycles. The SMILES string of the molecule is C=C(Br)CNCc1ccc(OCC#N)cc1. The maximum absolute atomic E-state index is 8.35. The van der Waals surface area contributed by atoms with Gasteiger partial charge in [0.15, 0.2) is 6.61 Å². The van der Waals surface area contributed by atoms with Crippen LogP contribution in [0.15, 0.2) is 35.3 Å². The van der Waals surface area contributed by atoms with E-state index in [1.807, 2.05) is 30.3 Å². The van der Waals surface area contributed by atoms with E-state index in [4.69, 9.17) is 10.00 Å². The Balaban J connectivity index is 2.39. The summed E-state index contributed by atoms with van der Waals surface area (Å²) in [6, 6.07) is 9.58. The molecule has 1 N–H and O–H groups in total. The fraction of sp³-hybridized carbons (Fsp3) is 0.250. The second-order valence-electron chi connectivity index (χ2n) is 3.21. The minimum absolute atomic E-state index is 0.0843. The van der Waals surface area contributed by atoms with Crippen LogP contribution >= 0.6 is 15.9 Å². The van der Waals surface area contributed by atoms with Crippen LogP contribution in [0.4, 0.5) is 0 Å². The number of ether oxygens (including phenoxy) is 1. The number of hydrogen-bond donors (Lipinski definition) is 1. The standard InChI is InChI=1S/C12H13BrN2O/c1-10(13)8-15-9-11-2-4-12(5-3-11)16-7-6-14/h2-5,15H,1,7-9H2. The Kier molecular flexibility index (Phi) is 5.62. The van der Waals surface area contributed by atoms with Crippen LogP contribution in [0.1, 0.15) is 5.56 Å². The molecular weight excluding hydrogens is 268 g/mol. The van der Waals surface area contributed by atoms with Crippen molar-refractivity contribution in [1.29, 1.82) is 5.26 Å². The summed E-state index contributed by atoms with van der Waals surface area (Å²) in [7, 11) is 0. The lowest BCUT2D eigenvalue weighted by molar-refractivity contribution is 0.368. The molecule has 0 aliphatic heterocycles. The average molecular weight is 281 g/mol. The minimum atomic E-state index is 0.0843. The van der Waals surface area contributed by atoms with Crippen LogP contribution in [0.2, 0.25) is 0 Å². The van der Waals surface area contributed by atoms with Crippen molar-refractivity contribution in [3.63, 3.8) is 0 Å². The van der Waals surface area contributed by atoms with Gasteiger partial charge in [-0.2, -0.15) is 5.26 Å². The first-order valence-electron chi connectivity index (χ1n) is 4.85. The van der Waals surface area contributed by atoms with Gasteiger partial charge in [0.1, 0.15) is 11.8 Å². The molecule has 1 rings (SSSR count). The Morgan fingerprint density at radius 2 is 2.12 bits per heavy atom. The maximum atomic E-state index is 8.35. The predicted octanol–water partition coefficient (Wildman–Crippen LogP) is 2.59. The van der Waals surface area contributed by atoms with E-state index in [0.29, 0.717) is 0 Å². The molecule has 16 heavy (non-hydrogen) atoms. The van der Waals surface area contributed by atoms with Gasteiger partial charge in [0.25, 0.3) is 0 Å². The monoisotopic (exact) mass is 280 g/mol. The first-order valence-corrected chi connectivity index (χ1v) is 5.64. The summed E-state index contributed by atoms with van der Waals surface area (Å²) in [4.78, 5) is 0. The highest BCUT2D eigenvalue weighted by molar-refractivity contribution is 9.11. The topological polar surface area (TPSA) is 45.0 Å². The van der Waals surface area contributed by atoms with E-state index in [0.717, 1.165) is 28.9 Å². The molecule has 0 aliphatic carbocycles. The van der Waals surface area contributed by atoms with Crippen molar-refractivity contribution in [1.82, 2.24) is 5.32 Å². The Labute approximate surface area is 104 Å². The van der Waals surface area contributed by atoms with Gasteiger partial charge in [0, 0.05) is 17.6 Å². The zero-order valence-corrected chi connectivity index (χ0v) is 10.5. The Hall–Kier alpha value is -1.31. The van der Waals surface area contributed by atoms with Gasteiger partial charge in [-0.05, 0) is 17.7 Å². The van der Waals surface area contributed by atoms with E-state index in [2.05, 4.69) is 27.8 Å². The first-order chi connectivity index (χ1) is 7.72. The number of rotatable bonds is 6. The number of nitrogens with zero attached hydrogens (tertiary/aromatic N) is 1. The number of nitrogens with one attached hydrogen (secondary N) is 1. The molecule has 0 fully saturated rings. The summed E-state index contributed by atoms with van der Waals surface area (Å²) in [5.74, 6) is 0.718. The molecule has 1 aromatic carbocycles. The quantitative estimate of drug-likeness (QED) is 0.871. The number of benzene rings is 1. The summed E-state index contributed by atoms with van der Waals surface area (Å²) >= 11 is 3.28. The molecule has 0 radical (unpaired) electrons. The second kappa shape index (κ2) is 7.04. The van der Waals surface area contributed by atoms with Crippen molar-refractivity contribution < 1.29 is 4.74 Å². The molecule has 1 aromatic rings. The van der Waals surface area contributed by atoms with Crippen LogP contribution < -0.4 is 10.1 Å². The Morgan fingerprint density at radius 3 is 2.69 bits per heavy atom. The zero-order chi connectivity index (χ0) is 11.8. The third-order valence-corrected chi connectivity index (χ3v) is 2.15. The van der Waals surface area contributed by atoms with Gasteiger partial charge in [-0.3, -0.25) is 0 Å². The van der Waals surface area contributed by atoms with Crippen LogP contribution in [0.3, 0.4) is 0 Å². The smallest absolute Gasteiger partial charge is 0.174 e. The molecular formula is C12H13BrN2O. The number of halogens is 1. The number of nitriles is 1. The largest absolute Gasteiger partial charge is 0.479 e. The molecule has 0 heterocycles. The predicted molar refractivity (Wildman–Crippen MR) is 67.3 cm³/mol. The molecule has 3 nitrogen and oxygen atoms in total. The summed E-state index contributed by atoms with van der Waals surface area (Å²) in [6.07, 6.45) is 0. The molecule has 0 bridgehead atoms. The summed E-state index contributed by atoms with van der Waals surface area (Å²) in [5, 5.41) is 11.6. The van der Waals surface area contributed by atoms with Crippen LogP contribution in [0, 0.1) is 11.3 Å². The van der Waals surface area contributed by atoms with Crippen LogP contribution in [0.25, 0.3) is 0 Å². The normalized spacial score (nSPS) is 9.50. The van der Waals surface area contributed by atoms with Crippen molar-refractivity contribution >= 4 is 15.9 Å². The van der Waals surface area contributed by atoms with Gasteiger partial charge in [0.2, 0.25) is 0 Å². The van der Waals surface area contributed by atoms with Gasteiger partial charge in [-0.15, -0.1) is 0 Å². The molecule has 0 aromatic heterocycles. The number of hydrogen-bond acceptors (Lipinski definition) is 3. The Bertz CT molecular complexity index is 381. The van der Waals surface area contributed by atoms with Gasteiger partial charge in [0.05, 0.1) is 0 Å². The van der Waals surface area contributed by atoms with E-state index in [1.165, 1.54) is 0 Å². The molecule has 0 spiro atoms. The summed E-state index contributed by atoms with van der Waals surface area (Å²) < 4.78 is 6.08.